The van der Waals surface area contributed by atoms with Gasteiger partial charge in [-0.2, -0.15) is 0 Å². The van der Waals surface area contributed by atoms with E-state index >= 15 is 0 Å². The SMILES string of the molecule is CCc1cc([N+](C)(C)CC)c(C)c(CC)c1CC. The van der Waals surface area contributed by atoms with Crippen LogP contribution in [0, 0.1) is 6.92 Å². The van der Waals surface area contributed by atoms with Gasteiger partial charge in [0, 0.05) is 11.6 Å². The van der Waals surface area contributed by atoms with Crippen molar-refractivity contribution in [3.8, 4) is 0 Å². The van der Waals surface area contributed by atoms with E-state index in [0.29, 0.717) is 0 Å². The number of aryl methyl sites for hydroxylation is 1. The molecule has 18 heavy (non-hydrogen) atoms. The van der Waals surface area contributed by atoms with Crippen molar-refractivity contribution in [3.05, 3.63) is 28.3 Å². The number of rotatable bonds is 5. The minimum absolute atomic E-state index is 0.982. The summed E-state index contributed by atoms with van der Waals surface area (Å²) in [5, 5.41) is 0. The van der Waals surface area contributed by atoms with Crippen LogP contribution < -0.4 is 4.48 Å². The van der Waals surface area contributed by atoms with Gasteiger partial charge in [0.15, 0.2) is 0 Å². The molecule has 1 nitrogen and oxygen atoms in total. The lowest BCUT2D eigenvalue weighted by Gasteiger charge is -2.31. The summed E-state index contributed by atoms with van der Waals surface area (Å²) in [4.78, 5) is 0. The van der Waals surface area contributed by atoms with Crippen molar-refractivity contribution in [3.63, 3.8) is 0 Å². The van der Waals surface area contributed by atoms with E-state index < -0.39 is 0 Å². The zero-order valence-electron chi connectivity index (χ0n) is 13.4. The van der Waals surface area contributed by atoms with Crippen LogP contribution in [0.1, 0.15) is 49.9 Å². The van der Waals surface area contributed by atoms with Crippen molar-refractivity contribution in [2.75, 3.05) is 20.6 Å². The Hall–Kier alpha value is -0.820. The van der Waals surface area contributed by atoms with Crippen LogP contribution in [0.3, 0.4) is 0 Å². The molecule has 1 aromatic carbocycles. The van der Waals surface area contributed by atoms with Gasteiger partial charge in [-0.25, -0.2) is 0 Å². The van der Waals surface area contributed by atoms with Crippen molar-refractivity contribution in [2.45, 2.75) is 53.9 Å². The highest BCUT2D eigenvalue weighted by Gasteiger charge is 2.23. The van der Waals surface area contributed by atoms with Crippen LogP contribution in [-0.2, 0) is 19.3 Å². The van der Waals surface area contributed by atoms with E-state index in [2.05, 4.69) is 54.8 Å². The van der Waals surface area contributed by atoms with Gasteiger partial charge < -0.3 is 0 Å². The van der Waals surface area contributed by atoms with Crippen LogP contribution in [0.2, 0.25) is 0 Å². The van der Waals surface area contributed by atoms with Crippen molar-refractivity contribution in [1.29, 1.82) is 0 Å². The molecule has 1 rings (SSSR count). The summed E-state index contributed by atoms with van der Waals surface area (Å²) in [5.74, 6) is 0. The van der Waals surface area contributed by atoms with Crippen LogP contribution in [0.15, 0.2) is 6.07 Å². The second kappa shape index (κ2) is 5.88. The molecule has 0 aromatic heterocycles. The van der Waals surface area contributed by atoms with Gasteiger partial charge in [0.1, 0.15) is 5.69 Å². The lowest BCUT2D eigenvalue weighted by atomic mass is 9.90. The molecule has 0 unspecified atom stereocenters. The van der Waals surface area contributed by atoms with Gasteiger partial charge in [-0.3, -0.25) is 4.48 Å². The van der Waals surface area contributed by atoms with Gasteiger partial charge in [0.25, 0.3) is 0 Å². The fourth-order valence-corrected chi connectivity index (χ4v) is 2.97. The summed E-state index contributed by atoms with van der Waals surface area (Å²) >= 11 is 0. The highest BCUT2D eigenvalue weighted by Crippen LogP contribution is 2.32. The smallest absolute Gasteiger partial charge is 0.135 e. The molecule has 0 aliphatic heterocycles. The van der Waals surface area contributed by atoms with Crippen LogP contribution >= 0.6 is 0 Å². The van der Waals surface area contributed by atoms with Crippen LogP contribution in [-0.4, -0.2) is 20.6 Å². The quantitative estimate of drug-likeness (QED) is 0.683. The first-order valence-corrected chi connectivity index (χ1v) is 7.40. The summed E-state index contributed by atoms with van der Waals surface area (Å²) < 4.78 is 0.982. The summed E-state index contributed by atoms with van der Waals surface area (Å²) in [6.07, 6.45) is 3.46. The molecule has 0 heterocycles. The van der Waals surface area contributed by atoms with Gasteiger partial charge >= 0.3 is 0 Å². The normalized spacial score (nSPS) is 11.9. The molecule has 0 saturated carbocycles. The third kappa shape index (κ3) is 2.61. The van der Waals surface area contributed by atoms with E-state index in [1.54, 1.807) is 16.7 Å². The standard InChI is InChI=1S/C17H30N/c1-8-14-12-17(18(6,7)11-4)13(5)15(9-2)16(14)10-3/h12H,8-11H2,1-7H3/q+1. The van der Waals surface area contributed by atoms with Crippen molar-refractivity contribution < 1.29 is 0 Å². The van der Waals surface area contributed by atoms with Crippen molar-refractivity contribution in [1.82, 2.24) is 4.48 Å². The predicted octanol–water partition coefficient (Wildman–Crippen LogP) is 4.27. The molecular formula is C17H30N+. The van der Waals surface area contributed by atoms with Gasteiger partial charge in [-0.1, -0.05) is 20.8 Å². The Kier molecular flexibility index (Phi) is 4.98. The topological polar surface area (TPSA) is 0 Å². The van der Waals surface area contributed by atoms with Crippen LogP contribution in [0.5, 0.6) is 0 Å². The minimum atomic E-state index is 0.982. The van der Waals surface area contributed by atoms with Crippen LogP contribution in [0.4, 0.5) is 5.69 Å². The molecule has 0 bridgehead atoms. The molecule has 0 N–H and O–H groups in total. The zero-order chi connectivity index (χ0) is 13.9. The minimum Gasteiger partial charge on any atom is -0.296 e. The monoisotopic (exact) mass is 248 g/mol. The molecule has 0 aliphatic carbocycles. The second-order valence-corrected chi connectivity index (χ2v) is 5.70. The average molecular weight is 248 g/mol. The highest BCUT2D eigenvalue weighted by molar-refractivity contribution is 5.59. The predicted molar refractivity (Wildman–Crippen MR) is 83.5 cm³/mol. The summed E-state index contributed by atoms with van der Waals surface area (Å²) in [5.41, 5.74) is 7.75. The molecule has 0 atom stereocenters. The molecule has 0 aliphatic rings. The maximum Gasteiger partial charge on any atom is 0.135 e. The highest BCUT2D eigenvalue weighted by atomic mass is 15.3. The maximum atomic E-state index is 2.46. The second-order valence-electron chi connectivity index (χ2n) is 5.70. The summed E-state index contributed by atoms with van der Waals surface area (Å²) in [7, 11) is 4.62. The van der Waals surface area contributed by atoms with Crippen LogP contribution in [0.25, 0.3) is 0 Å². The molecule has 0 radical (unpaired) electrons. The maximum absolute atomic E-state index is 2.46. The van der Waals surface area contributed by atoms with E-state index in [0.717, 1.165) is 30.3 Å². The number of benzene rings is 1. The summed E-state index contributed by atoms with van der Waals surface area (Å²) in [6.45, 7) is 12.6. The number of quaternary nitrogens is 1. The number of nitrogens with zero attached hydrogens (tertiary/aromatic N) is 1. The van der Waals surface area contributed by atoms with E-state index in [1.165, 1.54) is 11.3 Å². The number of hydrogen-bond donors (Lipinski definition) is 0. The molecule has 1 heteroatoms. The van der Waals surface area contributed by atoms with Crippen molar-refractivity contribution >= 4 is 5.69 Å². The van der Waals surface area contributed by atoms with E-state index in [9.17, 15) is 0 Å². The van der Waals surface area contributed by atoms with Gasteiger partial charge in [0.2, 0.25) is 0 Å². The molecule has 0 saturated heterocycles. The fraction of sp³-hybridized carbons (Fsp3) is 0.647. The van der Waals surface area contributed by atoms with E-state index in [1.807, 2.05) is 0 Å². The molecule has 0 fully saturated rings. The van der Waals surface area contributed by atoms with E-state index in [-0.39, 0.29) is 0 Å². The fourth-order valence-electron chi connectivity index (χ4n) is 2.97. The first kappa shape index (κ1) is 15.2. The van der Waals surface area contributed by atoms with Gasteiger partial charge in [-0.15, -0.1) is 0 Å². The lowest BCUT2D eigenvalue weighted by Crippen LogP contribution is -2.41. The first-order valence-electron chi connectivity index (χ1n) is 7.40. The number of hydrogen-bond acceptors (Lipinski definition) is 0. The molecular weight excluding hydrogens is 218 g/mol. The van der Waals surface area contributed by atoms with Gasteiger partial charge in [-0.05, 0) is 49.8 Å². The molecule has 0 spiro atoms. The molecule has 0 amide bonds. The Morgan fingerprint density at radius 2 is 1.44 bits per heavy atom. The van der Waals surface area contributed by atoms with Crippen molar-refractivity contribution in [2.24, 2.45) is 0 Å². The Morgan fingerprint density at radius 3 is 1.83 bits per heavy atom. The van der Waals surface area contributed by atoms with Gasteiger partial charge in [0.05, 0.1) is 20.6 Å². The van der Waals surface area contributed by atoms with E-state index in [4.69, 9.17) is 0 Å². The molecule has 1 aromatic rings. The zero-order valence-corrected chi connectivity index (χ0v) is 13.4. The average Bonchev–Trinajstić information content (AvgIpc) is 2.37. The largest absolute Gasteiger partial charge is 0.296 e. The molecule has 102 valence electrons. The third-order valence-electron chi connectivity index (χ3n) is 4.43. The Labute approximate surface area is 113 Å². The lowest BCUT2D eigenvalue weighted by molar-refractivity contribution is 0.418. The Bertz CT molecular complexity index is 416. The first-order chi connectivity index (χ1) is 8.42. The summed E-state index contributed by atoms with van der Waals surface area (Å²) in [6, 6.07) is 2.46. The Morgan fingerprint density at radius 1 is 0.889 bits per heavy atom. The Balaban J connectivity index is 3.56. The third-order valence-corrected chi connectivity index (χ3v) is 4.43.